The first kappa shape index (κ1) is 117. The molecule has 2 unspecified atom stereocenters. The van der Waals surface area contributed by atoms with Crippen LogP contribution in [0.1, 0.15) is 177 Å². The maximum atomic E-state index is 15.5. The minimum atomic E-state index is -3.66. The van der Waals surface area contributed by atoms with E-state index in [1.54, 1.807) is 98.1 Å². The number of rotatable bonds is 32. The third-order valence-corrected chi connectivity index (χ3v) is 28.4. The van der Waals surface area contributed by atoms with Crippen LogP contribution in [-0.2, 0) is 124 Å². The number of halogens is 2. The van der Waals surface area contributed by atoms with Gasteiger partial charge in [0.2, 0.25) is 17.9 Å². The number of nitrogens with one attached hydrogen (secondary N) is 5. The van der Waals surface area contributed by atoms with Gasteiger partial charge in [0.15, 0.2) is 0 Å². The Bertz CT molecular complexity index is 6010. The van der Waals surface area contributed by atoms with Crippen molar-refractivity contribution in [3.8, 4) is 18.2 Å². The molecule has 12 atom stereocenters. The minimum Gasteiger partial charge on any atom is -1.00 e. The molecule has 0 radical (unpaired) electrons. The number of hydrogen-bond donors (Lipinski definition) is 8. The summed E-state index contributed by atoms with van der Waals surface area (Å²) in [5.74, 6) is -3.19. The van der Waals surface area contributed by atoms with E-state index < -0.39 is 137 Å². The zero-order valence-electron chi connectivity index (χ0n) is 83.4. The average molecular weight is 2060 g/mol. The number of methoxy groups -OCH3 is 3. The third kappa shape index (κ3) is 34.9. The van der Waals surface area contributed by atoms with Crippen molar-refractivity contribution in [1.29, 1.82) is 15.8 Å². The number of carboxylic acids is 2. The van der Waals surface area contributed by atoms with E-state index in [0.717, 1.165) is 85.5 Å². The van der Waals surface area contributed by atoms with Crippen molar-refractivity contribution >= 4 is 97.5 Å². The summed E-state index contributed by atoms with van der Waals surface area (Å²) in [6, 6.07) is 60.5. The number of aliphatic hydroxyl groups excluding tert-OH is 1. The van der Waals surface area contributed by atoms with E-state index in [1.165, 1.54) is 42.2 Å². The molecule has 768 valence electrons. The van der Waals surface area contributed by atoms with Crippen molar-refractivity contribution in [3.05, 3.63) is 267 Å². The fourth-order valence-corrected chi connectivity index (χ4v) is 17.8. The molecule has 0 bridgehead atoms. The minimum absolute atomic E-state index is 0. The van der Waals surface area contributed by atoms with Crippen LogP contribution >= 0.6 is 0 Å². The van der Waals surface area contributed by atoms with E-state index in [-0.39, 0.29) is 121 Å². The Kier molecular flexibility index (Phi) is 45.6. The third-order valence-electron chi connectivity index (χ3n) is 24.3. The number of hydrogen-bond acceptors (Lipinski definition) is 26. The van der Waals surface area contributed by atoms with E-state index in [1.807, 2.05) is 145 Å². The number of aliphatic carboxylic acids is 2. The first-order valence-corrected chi connectivity index (χ1v) is 49.7. The van der Waals surface area contributed by atoms with Gasteiger partial charge < -0.3 is 61.1 Å². The average Bonchev–Trinajstić information content (AvgIpc) is 0.866. The van der Waals surface area contributed by atoms with Crippen LogP contribution < -0.4 is 55.0 Å². The molecule has 4 heterocycles. The van der Waals surface area contributed by atoms with E-state index in [0.29, 0.717) is 71.1 Å². The number of β-amino-alcohol motifs (C(OH)–C–C–N with tert-alkyl or cyclic N) is 1. The summed E-state index contributed by atoms with van der Waals surface area (Å²) in [5, 5.41) is 63.9. The number of likely N-dealkylation sites (tertiary alicyclic amines) is 3. The smallest absolute Gasteiger partial charge is 1.00 e. The van der Waals surface area contributed by atoms with Crippen LogP contribution in [0.25, 0.3) is 0 Å². The molecule has 6 aliphatic rings. The second-order valence-electron chi connectivity index (χ2n) is 36.5. The van der Waals surface area contributed by atoms with Gasteiger partial charge in [-0.2, -0.15) is 29.2 Å². The van der Waals surface area contributed by atoms with Crippen LogP contribution in [0.5, 0.6) is 0 Å². The zero-order chi connectivity index (χ0) is 104. The molecule has 41 heteroatoms. The van der Waals surface area contributed by atoms with Crippen molar-refractivity contribution in [2.75, 3.05) is 72.4 Å². The fourth-order valence-electron chi connectivity index (χ4n) is 15.7. The van der Waals surface area contributed by atoms with Crippen molar-refractivity contribution in [2.24, 2.45) is 16.8 Å². The fraction of sp³-hybridized carbons (Fsp3) is 0.427. The van der Waals surface area contributed by atoms with Gasteiger partial charge in [-0.15, -0.1) is 0 Å². The number of carbonyl (C=O) groups excluding carboxylic acids is 6. The van der Waals surface area contributed by atoms with E-state index >= 15 is 8.78 Å². The molecule has 5 amide bonds. The Labute approximate surface area is 867 Å². The van der Waals surface area contributed by atoms with Crippen LogP contribution in [0.4, 0.5) is 40.2 Å². The summed E-state index contributed by atoms with van der Waals surface area (Å²) < 4.78 is 123. The van der Waals surface area contributed by atoms with Gasteiger partial charge in [-0.3, -0.25) is 32.7 Å². The Balaban J connectivity index is 0.000000293. The molecular formula is C103H125F2N12NaO23S3. The van der Waals surface area contributed by atoms with Crippen LogP contribution in [0.15, 0.2) is 205 Å². The van der Waals surface area contributed by atoms with Gasteiger partial charge in [0.25, 0.3) is 0 Å². The van der Waals surface area contributed by atoms with E-state index in [9.17, 15) is 70.8 Å². The normalized spacial score (nSPS) is 19.5. The van der Waals surface area contributed by atoms with Crippen LogP contribution in [0, 0.1) is 57.5 Å². The molecule has 6 fully saturated rings. The van der Waals surface area contributed by atoms with Gasteiger partial charge in [0.1, 0.15) is 49.6 Å². The number of anilines is 2. The molecule has 35 nitrogen and oxygen atoms in total. The van der Waals surface area contributed by atoms with Crippen molar-refractivity contribution < 1.29 is 148 Å². The molecule has 4 saturated heterocycles. The Morgan fingerprint density at radius 2 is 0.868 bits per heavy atom. The summed E-state index contributed by atoms with van der Waals surface area (Å²) >= 11 is 0. The second kappa shape index (κ2) is 55.9. The van der Waals surface area contributed by atoms with Crippen LogP contribution in [-0.4, -0.2) is 215 Å². The molecule has 0 spiro atoms. The number of carboxylic acid groups (broad SMARTS) is 2. The van der Waals surface area contributed by atoms with Gasteiger partial charge >= 0.3 is 70.2 Å². The van der Waals surface area contributed by atoms with Crippen LogP contribution in [0.3, 0.4) is 0 Å². The molecule has 2 aliphatic carbocycles. The van der Waals surface area contributed by atoms with E-state index in [2.05, 4.69) is 50.9 Å². The number of amides is 5. The number of nitriles is 3. The van der Waals surface area contributed by atoms with Crippen molar-refractivity contribution in [3.63, 3.8) is 0 Å². The molecule has 4 aliphatic heterocycles. The summed E-state index contributed by atoms with van der Waals surface area (Å²) in [6.07, 6.45) is 6.25. The summed E-state index contributed by atoms with van der Waals surface area (Å²) in [5.41, 5.74) is 5.19. The maximum absolute atomic E-state index is 15.5. The first-order chi connectivity index (χ1) is 68.2. The topological polar surface area (TPSA) is 493 Å². The first-order valence-electron chi connectivity index (χ1n) is 46.1. The number of nitrogens with zero attached hydrogens (tertiary/aromatic N) is 7. The van der Waals surface area contributed by atoms with E-state index in [4.69, 9.17) is 43.9 Å². The summed E-state index contributed by atoms with van der Waals surface area (Å²) in [7, 11) is -0.0160. The molecule has 8 aromatic carbocycles. The van der Waals surface area contributed by atoms with Gasteiger partial charge in [0.05, 0.1) is 159 Å². The van der Waals surface area contributed by atoms with Gasteiger partial charge in [-0.1, -0.05) is 153 Å². The summed E-state index contributed by atoms with van der Waals surface area (Å²) in [4.78, 5) is 103. The molecule has 0 aromatic heterocycles. The SMILES string of the molecule is COS(=O)(=O)OC.CO[C@@H]1C[C@H](C(=O)Nc2cc(C(CCC3CC3)(N[S@](=O)C(C)(C)C)c3cccc(C#N)c3)ccc2F)N(C(=O)OCc2ccccc2)C1.CO[C@@H]1C[C@H](C(=O)O)N(C(=O)OCc2ccccc2)C1.CO[C@H]1CN[C@@H](C(=O)Nc2cc(C(CCC3CC3)(N[S@](=O)C(C)(C)C)c3cccc(C#N)c3)ccc2F)C1.N#Cc1ccc(N=C=O)cc1.O=C(O)[C@H]1C[C@@H](O)CN1C(=O)OCc1ccccc1.[H-].[HH].[Na+]. The Morgan fingerprint density at radius 1 is 0.493 bits per heavy atom. The molecule has 2 saturated carbocycles. The Hall–Kier alpha value is -12.0. The maximum Gasteiger partial charge on any atom is 1.00 e. The number of ether oxygens (including phenoxy) is 6. The number of carbonyl (C=O) groups is 7. The molecule has 14 rings (SSSR count). The molecular weight excluding hydrogens is 1930 g/mol. The largest absolute Gasteiger partial charge is 1.00 e. The number of aliphatic hydroxyl groups is 1. The standard InChI is InChI=1S/C37H43FN4O5S.C29H37FN4O3S.C14H17NO5.C13H15NO5.C8H4N2O.C2H6O4S.Na.H2.H/c1-36(2,3)48(45)41-37(18-17-25-13-14-25,28-12-8-11-27(19-28)22-39)29-15-16-31(38)32(20-29)40-34(43)33-21-30(46-4)23-42(33)35(44)47-24-26-9-6-5-7-10-26;1-28(2,3)38(36)34-29(13-12-19-8-9-19,21-7-5-6-20(14-21)17-31)22-10-11-24(30)25(15-22)33-27(35)26-16-23(37-4)18-32-26;1-19-11-7-12(13(16)17)15(8-11)14(18)20-9-10-5-3-2-4-6-10;15-10-6-11(12(16)17)14(7-10)13(18)19-8-9-4-2-1-3-5-9;9-5-7-1-3-8(4-2-7)10-6-11;1-5-7(3,4)6-2;;;/h5-12,15-16,19-20,25,30,33,41H,13-14,17-18,21,23-24H2,1-4H3,(H,40,43);5-7,10-11,14-15,19,23,26,32,34H,8-9,12-13,16,18H2,1-4H3,(H,33,35);2-6,11-12H,7-9H2,1H3,(H,16,17);1-5,10-11,15H,6-8H2,(H,16,17);1-4H;1-2H3;;1H;/q;;;;;;+1;;-1/t30-,33-,37?,48-;23-,26-,29?,38-;11-,12-;10-,11-;;;;;/m1111...../s1. The monoisotopic (exact) mass is 2050 g/mol. The van der Waals surface area contributed by atoms with Crippen LogP contribution in [0.2, 0.25) is 0 Å². The Morgan fingerprint density at radius 3 is 1.22 bits per heavy atom. The quantitative estimate of drug-likeness (QED) is 0.00840. The number of benzene rings is 8. The van der Waals surface area contributed by atoms with Gasteiger partial charge in [0, 0.05) is 48.6 Å². The molecule has 144 heavy (non-hydrogen) atoms. The number of aliphatic imine (C=N–C) groups is 1. The predicted octanol–water partition coefficient (Wildman–Crippen LogP) is 11.8. The predicted molar refractivity (Wildman–Crippen MR) is 530 cm³/mol. The van der Waals surface area contributed by atoms with Crippen molar-refractivity contribution in [1.82, 2.24) is 29.5 Å². The zero-order valence-corrected chi connectivity index (χ0v) is 86.8. The summed E-state index contributed by atoms with van der Waals surface area (Å²) in [6.45, 7) is 12.5. The van der Waals surface area contributed by atoms with Gasteiger partial charge in [-0.05, 0) is 197 Å². The molecule has 8 N–H and O–H groups in total. The van der Waals surface area contributed by atoms with Gasteiger partial charge in [-0.25, -0.2) is 55.4 Å². The molecule has 8 aromatic rings. The second-order valence-corrected chi connectivity index (χ2v) is 41.9. The number of isocyanates is 1. The van der Waals surface area contributed by atoms with Crippen molar-refractivity contribution in [2.45, 2.75) is 208 Å².